The Labute approximate surface area is 91.2 Å². The lowest BCUT2D eigenvalue weighted by atomic mass is 9.93. The minimum absolute atomic E-state index is 0.0510. The monoisotopic (exact) mass is 259 g/mol. The molecule has 1 aliphatic rings. The van der Waals surface area contributed by atoms with Crippen LogP contribution in [-0.2, 0) is 0 Å². The van der Waals surface area contributed by atoms with Gasteiger partial charge in [-0.25, -0.2) is 4.68 Å². The Morgan fingerprint density at radius 2 is 2.21 bits per heavy atom. The van der Waals surface area contributed by atoms with E-state index in [0.29, 0.717) is 5.82 Å². The van der Waals surface area contributed by atoms with Crippen molar-refractivity contribution >= 4 is 21.7 Å². The lowest BCUT2D eigenvalue weighted by molar-refractivity contribution is 0.0705. The van der Waals surface area contributed by atoms with Gasteiger partial charge >= 0.3 is 0 Å². The number of halogens is 1. The molecule has 2 atom stereocenters. The maximum atomic E-state index is 9.82. The standard InChI is InChI=1S/C9H14BrN3O/c10-6-5-12-13(9(6)11)7-3-1-2-4-8(7)14/h5,7-8,14H,1-4,11H2. The van der Waals surface area contributed by atoms with Gasteiger partial charge < -0.3 is 10.8 Å². The van der Waals surface area contributed by atoms with Crippen molar-refractivity contribution < 1.29 is 5.11 Å². The van der Waals surface area contributed by atoms with Crippen molar-refractivity contribution in [2.24, 2.45) is 0 Å². The maximum absolute atomic E-state index is 9.82. The van der Waals surface area contributed by atoms with E-state index in [4.69, 9.17) is 5.73 Å². The number of nitrogens with zero attached hydrogens (tertiary/aromatic N) is 2. The fourth-order valence-electron chi connectivity index (χ4n) is 1.99. The molecule has 1 aromatic heterocycles. The quantitative estimate of drug-likeness (QED) is 0.807. The lowest BCUT2D eigenvalue weighted by Crippen LogP contribution is -2.29. The van der Waals surface area contributed by atoms with Crippen LogP contribution in [0.25, 0.3) is 0 Å². The molecule has 78 valence electrons. The first-order valence-electron chi connectivity index (χ1n) is 4.86. The minimum Gasteiger partial charge on any atom is -0.391 e. The second-order valence-corrected chi connectivity index (χ2v) is 4.60. The lowest BCUT2D eigenvalue weighted by Gasteiger charge is -2.28. The first-order chi connectivity index (χ1) is 6.70. The van der Waals surface area contributed by atoms with E-state index in [-0.39, 0.29) is 12.1 Å². The third-order valence-electron chi connectivity index (χ3n) is 2.80. The van der Waals surface area contributed by atoms with Crippen LogP contribution in [0.15, 0.2) is 10.7 Å². The number of aromatic nitrogens is 2. The molecular weight excluding hydrogens is 246 g/mol. The number of nitrogen functional groups attached to an aromatic ring is 1. The Morgan fingerprint density at radius 3 is 2.79 bits per heavy atom. The van der Waals surface area contributed by atoms with Crippen LogP contribution in [-0.4, -0.2) is 21.0 Å². The number of rotatable bonds is 1. The second kappa shape index (κ2) is 3.90. The van der Waals surface area contributed by atoms with Gasteiger partial charge in [-0.05, 0) is 28.8 Å². The van der Waals surface area contributed by atoms with E-state index in [2.05, 4.69) is 21.0 Å². The second-order valence-electron chi connectivity index (χ2n) is 3.74. The molecule has 1 fully saturated rings. The molecule has 1 heterocycles. The summed E-state index contributed by atoms with van der Waals surface area (Å²) in [6.45, 7) is 0. The van der Waals surface area contributed by atoms with E-state index in [1.807, 2.05) is 0 Å². The van der Waals surface area contributed by atoms with Crippen LogP contribution in [0.4, 0.5) is 5.82 Å². The summed E-state index contributed by atoms with van der Waals surface area (Å²) < 4.78 is 2.53. The van der Waals surface area contributed by atoms with E-state index in [1.165, 1.54) is 0 Å². The molecule has 1 saturated carbocycles. The van der Waals surface area contributed by atoms with Crippen molar-refractivity contribution in [1.29, 1.82) is 0 Å². The Kier molecular flexibility index (Phi) is 2.78. The van der Waals surface area contributed by atoms with Crippen LogP contribution < -0.4 is 5.73 Å². The zero-order chi connectivity index (χ0) is 10.1. The highest BCUT2D eigenvalue weighted by atomic mass is 79.9. The number of nitrogens with two attached hydrogens (primary N) is 1. The fraction of sp³-hybridized carbons (Fsp3) is 0.667. The first kappa shape index (κ1) is 9.98. The molecule has 14 heavy (non-hydrogen) atoms. The SMILES string of the molecule is Nc1c(Br)cnn1C1CCCCC1O. The van der Waals surface area contributed by atoms with Gasteiger partial charge in [0, 0.05) is 0 Å². The van der Waals surface area contributed by atoms with Gasteiger partial charge in [0.05, 0.1) is 22.8 Å². The molecule has 1 aromatic rings. The van der Waals surface area contributed by atoms with Crippen LogP contribution >= 0.6 is 15.9 Å². The van der Waals surface area contributed by atoms with Gasteiger partial charge in [0.2, 0.25) is 0 Å². The maximum Gasteiger partial charge on any atom is 0.136 e. The Balaban J connectivity index is 2.24. The Bertz CT molecular complexity index is 326. The third-order valence-corrected chi connectivity index (χ3v) is 3.41. The van der Waals surface area contributed by atoms with Crippen molar-refractivity contribution in [2.45, 2.75) is 37.8 Å². The highest BCUT2D eigenvalue weighted by Gasteiger charge is 2.26. The summed E-state index contributed by atoms with van der Waals surface area (Å²) in [6, 6.07) is 0.0510. The van der Waals surface area contributed by atoms with Gasteiger partial charge in [-0.1, -0.05) is 12.8 Å². The molecule has 5 heteroatoms. The summed E-state index contributed by atoms with van der Waals surface area (Å²) in [5, 5.41) is 14.0. The van der Waals surface area contributed by atoms with Crippen molar-refractivity contribution in [1.82, 2.24) is 9.78 Å². The van der Waals surface area contributed by atoms with Crippen LogP contribution in [0, 0.1) is 0 Å². The van der Waals surface area contributed by atoms with Gasteiger partial charge in [-0.15, -0.1) is 0 Å². The van der Waals surface area contributed by atoms with Crippen molar-refractivity contribution in [3.63, 3.8) is 0 Å². The summed E-state index contributed by atoms with van der Waals surface area (Å²) in [7, 11) is 0. The average molecular weight is 260 g/mol. The molecule has 0 amide bonds. The molecule has 2 unspecified atom stereocenters. The predicted octanol–water partition coefficient (Wildman–Crippen LogP) is 1.70. The van der Waals surface area contributed by atoms with Crippen molar-refractivity contribution in [3.05, 3.63) is 10.7 Å². The molecule has 0 aromatic carbocycles. The molecule has 0 spiro atoms. The summed E-state index contributed by atoms with van der Waals surface area (Å²) in [5.74, 6) is 0.607. The van der Waals surface area contributed by atoms with Gasteiger partial charge in [0.25, 0.3) is 0 Å². The summed E-state index contributed by atoms with van der Waals surface area (Å²) in [5.41, 5.74) is 5.84. The average Bonchev–Trinajstić information content (AvgIpc) is 2.49. The van der Waals surface area contributed by atoms with Gasteiger partial charge in [-0.2, -0.15) is 5.10 Å². The molecule has 0 aliphatic heterocycles. The van der Waals surface area contributed by atoms with Crippen LogP contribution in [0.3, 0.4) is 0 Å². The minimum atomic E-state index is -0.308. The number of anilines is 1. The molecule has 4 nitrogen and oxygen atoms in total. The molecule has 0 bridgehead atoms. The van der Waals surface area contributed by atoms with E-state index < -0.39 is 0 Å². The number of aliphatic hydroxyl groups is 1. The molecule has 0 radical (unpaired) electrons. The van der Waals surface area contributed by atoms with Gasteiger partial charge in [-0.3, -0.25) is 0 Å². The van der Waals surface area contributed by atoms with Crippen LogP contribution in [0.5, 0.6) is 0 Å². The molecule has 0 saturated heterocycles. The molecule has 1 aliphatic carbocycles. The first-order valence-corrected chi connectivity index (χ1v) is 5.66. The Hall–Kier alpha value is -0.550. The normalized spacial score (nSPS) is 27.9. The van der Waals surface area contributed by atoms with Crippen molar-refractivity contribution in [3.8, 4) is 0 Å². The Morgan fingerprint density at radius 1 is 1.50 bits per heavy atom. The van der Waals surface area contributed by atoms with Crippen LogP contribution in [0.1, 0.15) is 31.7 Å². The number of aliphatic hydroxyl groups excluding tert-OH is 1. The largest absolute Gasteiger partial charge is 0.391 e. The smallest absolute Gasteiger partial charge is 0.136 e. The van der Waals surface area contributed by atoms with E-state index in [1.54, 1.807) is 10.9 Å². The summed E-state index contributed by atoms with van der Waals surface area (Å²) in [6.07, 6.45) is 5.41. The molecule has 2 rings (SSSR count). The summed E-state index contributed by atoms with van der Waals surface area (Å²) in [4.78, 5) is 0. The van der Waals surface area contributed by atoms with Crippen LogP contribution in [0.2, 0.25) is 0 Å². The number of hydrogen-bond donors (Lipinski definition) is 2. The fourth-order valence-corrected chi connectivity index (χ4v) is 2.27. The zero-order valence-electron chi connectivity index (χ0n) is 7.86. The highest BCUT2D eigenvalue weighted by Crippen LogP contribution is 2.31. The molecule has 3 N–H and O–H groups in total. The van der Waals surface area contributed by atoms with E-state index in [9.17, 15) is 5.11 Å². The summed E-state index contributed by atoms with van der Waals surface area (Å²) >= 11 is 3.31. The van der Waals surface area contributed by atoms with Crippen molar-refractivity contribution in [2.75, 3.05) is 5.73 Å². The van der Waals surface area contributed by atoms with Gasteiger partial charge in [0.15, 0.2) is 0 Å². The topological polar surface area (TPSA) is 64.1 Å². The third kappa shape index (κ3) is 1.66. The highest BCUT2D eigenvalue weighted by molar-refractivity contribution is 9.10. The molecular formula is C9H14BrN3O. The number of hydrogen-bond acceptors (Lipinski definition) is 3. The van der Waals surface area contributed by atoms with Gasteiger partial charge in [0.1, 0.15) is 5.82 Å². The van der Waals surface area contributed by atoms with E-state index in [0.717, 1.165) is 30.2 Å². The zero-order valence-corrected chi connectivity index (χ0v) is 9.44. The predicted molar refractivity (Wildman–Crippen MR) is 57.9 cm³/mol. The van der Waals surface area contributed by atoms with E-state index >= 15 is 0 Å².